The molecule has 1 aromatic rings. The summed E-state index contributed by atoms with van der Waals surface area (Å²) in [6, 6.07) is 6.82. The largest absolute Gasteiger partial charge is 0.341 e. The van der Waals surface area contributed by atoms with Crippen molar-refractivity contribution in [2.45, 2.75) is 62.8 Å². The van der Waals surface area contributed by atoms with Crippen LogP contribution in [0.25, 0.3) is 0 Å². The SMILES string of the molecule is CCc1ccc(S(=O)(=O)NC2CCN(C(=O)C3CCCCC3)C2)cc1. The van der Waals surface area contributed by atoms with Crippen molar-refractivity contribution >= 4 is 15.9 Å². The molecule has 1 amide bonds. The maximum Gasteiger partial charge on any atom is 0.240 e. The molecule has 6 heteroatoms. The summed E-state index contributed by atoms with van der Waals surface area (Å²) < 4.78 is 27.9. The average molecular weight is 365 g/mol. The summed E-state index contributed by atoms with van der Waals surface area (Å²) in [4.78, 5) is 14.7. The molecular weight excluding hydrogens is 336 g/mol. The number of carbonyl (C=O) groups is 1. The Bertz CT molecular complexity index is 694. The molecule has 2 fully saturated rings. The van der Waals surface area contributed by atoms with Crippen molar-refractivity contribution in [3.63, 3.8) is 0 Å². The third-order valence-corrected chi connectivity index (χ3v) is 6.95. The van der Waals surface area contributed by atoms with Crippen molar-refractivity contribution in [1.82, 2.24) is 9.62 Å². The van der Waals surface area contributed by atoms with Gasteiger partial charge >= 0.3 is 0 Å². The number of amides is 1. The monoisotopic (exact) mass is 364 g/mol. The van der Waals surface area contributed by atoms with E-state index in [1.807, 2.05) is 24.0 Å². The van der Waals surface area contributed by atoms with E-state index in [0.717, 1.165) is 37.7 Å². The van der Waals surface area contributed by atoms with Gasteiger partial charge in [-0.1, -0.05) is 38.3 Å². The molecule has 1 saturated heterocycles. The highest BCUT2D eigenvalue weighted by Gasteiger charge is 2.33. The van der Waals surface area contributed by atoms with Crippen LogP contribution in [0.2, 0.25) is 0 Å². The van der Waals surface area contributed by atoms with E-state index in [1.54, 1.807) is 12.1 Å². The normalized spacial score (nSPS) is 22.3. The fraction of sp³-hybridized carbons (Fsp3) is 0.632. The minimum Gasteiger partial charge on any atom is -0.341 e. The summed E-state index contributed by atoms with van der Waals surface area (Å²) >= 11 is 0. The van der Waals surface area contributed by atoms with Gasteiger partial charge in [-0.15, -0.1) is 0 Å². The number of hydrogen-bond donors (Lipinski definition) is 1. The van der Waals surface area contributed by atoms with Gasteiger partial charge in [-0.25, -0.2) is 13.1 Å². The van der Waals surface area contributed by atoms with E-state index in [-0.39, 0.29) is 17.9 Å². The van der Waals surface area contributed by atoms with Gasteiger partial charge in [-0.2, -0.15) is 0 Å². The molecular formula is C19H28N2O3S. The summed E-state index contributed by atoms with van der Waals surface area (Å²) in [7, 11) is -3.53. The zero-order chi connectivity index (χ0) is 17.9. The standard InChI is InChI=1S/C19H28N2O3S/c1-2-15-8-10-18(11-9-15)25(23,24)20-17-12-13-21(14-17)19(22)16-6-4-3-5-7-16/h8-11,16-17,20H,2-7,12-14H2,1H3. The number of rotatable bonds is 5. The number of aryl methyl sites for hydroxylation is 1. The molecule has 2 aliphatic rings. The quantitative estimate of drug-likeness (QED) is 0.873. The number of sulfonamides is 1. The van der Waals surface area contributed by atoms with Gasteiger partial charge in [0.15, 0.2) is 0 Å². The predicted molar refractivity (Wildman–Crippen MR) is 97.7 cm³/mol. The Labute approximate surface area is 150 Å². The van der Waals surface area contributed by atoms with Crippen LogP contribution < -0.4 is 4.72 Å². The van der Waals surface area contributed by atoms with Crippen molar-refractivity contribution in [2.24, 2.45) is 5.92 Å². The highest BCUT2D eigenvalue weighted by atomic mass is 32.2. The number of nitrogens with one attached hydrogen (secondary N) is 1. The topological polar surface area (TPSA) is 66.5 Å². The first kappa shape index (κ1) is 18.4. The third-order valence-electron chi connectivity index (χ3n) is 5.42. The van der Waals surface area contributed by atoms with Crippen molar-refractivity contribution in [1.29, 1.82) is 0 Å². The molecule has 1 aromatic carbocycles. The van der Waals surface area contributed by atoms with E-state index in [0.29, 0.717) is 24.4 Å². The second-order valence-electron chi connectivity index (χ2n) is 7.22. The van der Waals surface area contributed by atoms with Crippen molar-refractivity contribution < 1.29 is 13.2 Å². The van der Waals surface area contributed by atoms with Crippen LogP contribution in [-0.2, 0) is 21.2 Å². The molecule has 1 aliphatic carbocycles. The number of carbonyl (C=O) groups excluding carboxylic acids is 1. The first-order chi connectivity index (χ1) is 12.0. The zero-order valence-corrected chi connectivity index (χ0v) is 15.7. The van der Waals surface area contributed by atoms with Gasteiger partial charge in [-0.3, -0.25) is 4.79 Å². The van der Waals surface area contributed by atoms with Crippen LogP contribution in [0.3, 0.4) is 0 Å². The van der Waals surface area contributed by atoms with Gasteiger partial charge in [0, 0.05) is 25.0 Å². The highest BCUT2D eigenvalue weighted by molar-refractivity contribution is 7.89. The second-order valence-corrected chi connectivity index (χ2v) is 8.94. The Morgan fingerprint density at radius 2 is 1.80 bits per heavy atom. The van der Waals surface area contributed by atoms with Crippen LogP contribution in [0, 0.1) is 5.92 Å². The lowest BCUT2D eigenvalue weighted by Gasteiger charge is -2.26. The lowest BCUT2D eigenvalue weighted by atomic mass is 9.88. The Balaban J connectivity index is 1.58. The number of hydrogen-bond acceptors (Lipinski definition) is 3. The van der Waals surface area contributed by atoms with Gasteiger partial charge in [0.1, 0.15) is 0 Å². The molecule has 0 radical (unpaired) electrons. The number of nitrogens with zero attached hydrogens (tertiary/aromatic N) is 1. The van der Waals surface area contributed by atoms with Gasteiger partial charge < -0.3 is 4.90 Å². The smallest absolute Gasteiger partial charge is 0.240 e. The molecule has 0 aromatic heterocycles. The molecule has 0 bridgehead atoms. The molecule has 1 heterocycles. The van der Waals surface area contributed by atoms with Crippen LogP contribution >= 0.6 is 0 Å². The van der Waals surface area contributed by atoms with Gasteiger partial charge in [0.05, 0.1) is 4.90 Å². The third kappa shape index (κ3) is 4.42. The summed E-state index contributed by atoms with van der Waals surface area (Å²) in [6.45, 7) is 3.18. The van der Waals surface area contributed by atoms with Crippen molar-refractivity contribution in [3.05, 3.63) is 29.8 Å². The highest BCUT2D eigenvalue weighted by Crippen LogP contribution is 2.27. The van der Waals surface area contributed by atoms with E-state index in [2.05, 4.69) is 4.72 Å². The first-order valence-electron chi connectivity index (χ1n) is 9.39. The molecule has 1 N–H and O–H groups in total. The average Bonchev–Trinajstić information content (AvgIpc) is 3.09. The van der Waals surface area contributed by atoms with E-state index in [9.17, 15) is 13.2 Å². The number of benzene rings is 1. The minimum absolute atomic E-state index is 0.144. The van der Waals surface area contributed by atoms with Crippen molar-refractivity contribution in [2.75, 3.05) is 13.1 Å². The summed E-state index contributed by atoms with van der Waals surface area (Å²) in [5, 5.41) is 0. The van der Waals surface area contributed by atoms with E-state index in [1.165, 1.54) is 6.42 Å². The Morgan fingerprint density at radius 3 is 2.44 bits per heavy atom. The molecule has 3 rings (SSSR count). The van der Waals surface area contributed by atoms with Crippen LogP contribution in [-0.4, -0.2) is 38.4 Å². The first-order valence-corrected chi connectivity index (χ1v) is 10.9. The van der Waals surface area contributed by atoms with Crippen LogP contribution in [0.5, 0.6) is 0 Å². The molecule has 1 saturated carbocycles. The van der Waals surface area contributed by atoms with E-state index >= 15 is 0 Å². The maximum absolute atomic E-state index is 12.6. The van der Waals surface area contributed by atoms with E-state index < -0.39 is 10.0 Å². The molecule has 1 aliphatic heterocycles. The Kier molecular flexibility index (Phi) is 5.79. The van der Waals surface area contributed by atoms with Crippen LogP contribution in [0.1, 0.15) is 51.0 Å². The Morgan fingerprint density at radius 1 is 1.12 bits per heavy atom. The molecule has 1 atom stereocenters. The molecule has 25 heavy (non-hydrogen) atoms. The van der Waals surface area contributed by atoms with Gasteiger partial charge in [-0.05, 0) is 43.4 Å². The van der Waals surface area contributed by atoms with Crippen LogP contribution in [0.15, 0.2) is 29.2 Å². The second kappa shape index (κ2) is 7.87. The predicted octanol–water partition coefficient (Wildman–Crippen LogP) is 2.71. The molecule has 0 spiro atoms. The van der Waals surface area contributed by atoms with Gasteiger partial charge in [0.25, 0.3) is 0 Å². The van der Waals surface area contributed by atoms with Crippen molar-refractivity contribution in [3.8, 4) is 0 Å². The van der Waals surface area contributed by atoms with Crippen LogP contribution in [0.4, 0.5) is 0 Å². The zero-order valence-electron chi connectivity index (χ0n) is 14.9. The Hall–Kier alpha value is -1.40. The lowest BCUT2D eigenvalue weighted by molar-refractivity contribution is -0.135. The van der Waals surface area contributed by atoms with Gasteiger partial charge in [0.2, 0.25) is 15.9 Å². The summed E-state index contributed by atoms with van der Waals surface area (Å²) in [5.74, 6) is 0.361. The fourth-order valence-electron chi connectivity index (χ4n) is 3.86. The molecule has 138 valence electrons. The minimum atomic E-state index is -3.53. The molecule has 5 nitrogen and oxygen atoms in total. The van der Waals surface area contributed by atoms with E-state index in [4.69, 9.17) is 0 Å². The maximum atomic E-state index is 12.6. The fourth-order valence-corrected chi connectivity index (χ4v) is 5.12. The molecule has 1 unspecified atom stereocenters. The summed E-state index contributed by atoms with van der Waals surface area (Å²) in [5.41, 5.74) is 1.11. The number of likely N-dealkylation sites (tertiary alicyclic amines) is 1. The lowest BCUT2D eigenvalue weighted by Crippen LogP contribution is -2.40. The summed E-state index contributed by atoms with van der Waals surface area (Å²) in [6.07, 6.45) is 7.02.